The second-order valence-corrected chi connectivity index (χ2v) is 7.84. The molecule has 3 amide bonds. The smallest absolute Gasteiger partial charge is 0.408 e. The lowest BCUT2D eigenvalue weighted by Gasteiger charge is -2.22. The molecular weight excluding hydrogens is 370 g/mol. The number of alkyl carbamates (subject to hydrolysis) is 1. The Kier molecular flexibility index (Phi) is 9.47. The van der Waals surface area contributed by atoms with Gasteiger partial charge in [-0.05, 0) is 24.3 Å². The van der Waals surface area contributed by atoms with E-state index in [1.807, 2.05) is 44.2 Å². The highest BCUT2D eigenvalue weighted by Crippen LogP contribution is 2.23. The van der Waals surface area contributed by atoms with Gasteiger partial charge in [0, 0.05) is 19.0 Å². The van der Waals surface area contributed by atoms with Gasteiger partial charge in [0.1, 0.15) is 12.6 Å². The Hall–Kier alpha value is -2.57. The van der Waals surface area contributed by atoms with Gasteiger partial charge in [-0.1, -0.05) is 63.4 Å². The highest BCUT2D eigenvalue weighted by molar-refractivity contribution is 5.86. The number of hydrogen-bond donors (Lipinski definition) is 3. The molecule has 0 aliphatic heterocycles. The summed E-state index contributed by atoms with van der Waals surface area (Å²) in [6.45, 7) is 4.55. The van der Waals surface area contributed by atoms with Gasteiger partial charge in [0.05, 0.1) is 0 Å². The first-order chi connectivity index (χ1) is 14.0. The molecule has 1 aromatic rings. The molecule has 7 nitrogen and oxygen atoms in total. The molecule has 1 saturated carbocycles. The number of amides is 3. The quantitative estimate of drug-likeness (QED) is 0.553. The summed E-state index contributed by atoms with van der Waals surface area (Å²) < 4.78 is 5.20. The van der Waals surface area contributed by atoms with Crippen molar-refractivity contribution >= 4 is 17.9 Å². The van der Waals surface area contributed by atoms with Crippen molar-refractivity contribution in [3.8, 4) is 0 Å². The predicted octanol–water partition coefficient (Wildman–Crippen LogP) is 2.75. The molecule has 2 rings (SSSR count). The van der Waals surface area contributed by atoms with Crippen LogP contribution in [-0.2, 0) is 20.9 Å². The monoisotopic (exact) mass is 403 g/mol. The summed E-state index contributed by atoms with van der Waals surface area (Å²) in [6, 6.07) is 8.65. The van der Waals surface area contributed by atoms with Crippen molar-refractivity contribution in [3.63, 3.8) is 0 Å². The minimum absolute atomic E-state index is 0.0713. The van der Waals surface area contributed by atoms with Crippen LogP contribution in [0.2, 0.25) is 0 Å². The van der Waals surface area contributed by atoms with Crippen LogP contribution < -0.4 is 16.0 Å². The van der Waals surface area contributed by atoms with E-state index < -0.39 is 12.1 Å². The Morgan fingerprint density at radius 1 is 1.00 bits per heavy atom. The first kappa shape index (κ1) is 22.7. The van der Waals surface area contributed by atoms with Gasteiger partial charge in [-0.25, -0.2) is 4.79 Å². The molecule has 0 spiro atoms. The maximum absolute atomic E-state index is 12.4. The predicted molar refractivity (Wildman–Crippen MR) is 111 cm³/mol. The van der Waals surface area contributed by atoms with Crippen LogP contribution in [0.25, 0.3) is 0 Å². The fourth-order valence-corrected chi connectivity index (χ4v) is 3.42. The molecule has 29 heavy (non-hydrogen) atoms. The largest absolute Gasteiger partial charge is 0.445 e. The number of ether oxygens (including phenoxy) is 1. The van der Waals surface area contributed by atoms with E-state index in [0.29, 0.717) is 13.1 Å². The molecule has 7 heteroatoms. The lowest BCUT2D eigenvalue weighted by molar-refractivity contribution is -0.127. The number of hydrogen-bond acceptors (Lipinski definition) is 4. The third-order valence-corrected chi connectivity index (χ3v) is 5.13. The summed E-state index contributed by atoms with van der Waals surface area (Å²) >= 11 is 0. The molecule has 0 aromatic heterocycles. The number of benzene rings is 1. The van der Waals surface area contributed by atoms with Crippen molar-refractivity contribution < 1.29 is 19.1 Å². The van der Waals surface area contributed by atoms with E-state index in [1.54, 1.807) is 0 Å². The lowest BCUT2D eigenvalue weighted by atomic mass is 9.89. The number of rotatable bonds is 9. The average molecular weight is 404 g/mol. The van der Waals surface area contributed by atoms with Gasteiger partial charge >= 0.3 is 6.09 Å². The van der Waals surface area contributed by atoms with Crippen molar-refractivity contribution in [2.75, 3.05) is 13.1 Å². The van der Waals surface area contributed by atoms with Crippen molar-refractivity contribution in [3.05, 3.63) is 35.9 Å². The number of nitrogens with one attached hydrogen (secondary N) is 3. The van der Waals surface area contributed by atoms with Crippen LogP contribution in [0, 0.1) is 11.8 Å². The molecule has 1 atom stereocenters. The molecule has 0 unspecified atom stereocenters. The summed E-state index contributed by atoms with van der Waals surface area (Å²) in [4.78, 5) is 36.6. The van der Waals surface area contributed by atoms with Crippen LogP contribution in [-0.4, -0.2) is 37.0 Å². The Labute approximate surface area is 173 Å². The van der Waals surface area contributed by atoms with Crippen molar-refractivity contribution in [1.82, 2.24) is 16.0 Å². The number of carbonyl (C=O) groups excluding carboxylic acids is 3. The third kappa shape index (κ3) is 8.13. The molecule has 1 aromatic carbocycles. The Morgan fingerprint density at radius 2 is 1.66 bits per heavy atom. The zero-order valence-corrected chi connectivity index (χ0v) is 17.4. The van der Waals surface area contributed by atoms with E-state index in [-0.39, 0.29) is 30.3 Å². The van der Waals surface area contributed by atoms with Gasteiger partial charge in [0.15, 0.2) is 0 Å². The first-order valence-corrected chi connectivity index (χ1v) is 10.5. The molecule has 3 N–H and O–H groups in total. The van der Waals surface area contributed by atoms with Crippen LogP contribution in [0.1, 0.15) is 51.5 Å². The van der Waals surface area contributed by atoms with Crippen molar-refractivity contribution in [2.45, 2.75) is 58.6 Å². The molecule has 160 valence electrons. The average Bonchev–Trinajstić information content (AvgIpc) is 2.74. The summed E-state index contributed by atoms with van der Waals surface area (Å²) in [5.41, 5.74) is 0.877. The fourth-order valence-electron chi connectivity index (χ4n) is 3.42. The standard InChI is InChI=1S/C22H33N3O4/c1-16(2)19(25-22(28)29-15-17-9-5-3-6-10-17)21(27)24-14-13-23-20(26)18-11-7-4-8-12-18/h3,5-6,9-10,16,18-19H,4,7-8,11-15H2,1-2H3,(H,23,26)(H,24,27)(H,25,28)/t19-/m0/s1. The minimum Gasteiger partial charge on any atom is -0.445 e. The van der Waals surface area contributed by atoms with Crippen molar-refractivity contribution in [1.29, 1.82) is 0 Å². The highest BCUT2D eigenvalue weighted by Gasteiger charge is 2.25. The maximum Gasteiger partial charge on any atom is 0.408 e. The lowest BCUT2D eigenvalue weighted by Crippen LogP contribution is -2.51. The van der Waals surface area contributed by atoms with Gasteiger partial charge in [-0.15, -0.1) is 0 Å². The molecule has 0 radical (unpaired) electrons. The van der Waals surface area contributed by atoms with Crippen molar-refractivity contribution in [2.24, 2.45) is 11.8 Å². The van der Waals surface area contributed by atoms with Gasteiger partial charge in [-0.2, -0.15) is 0 Å². The van der Waals surface area contributed by atoms with E-state index in [4.69, 9.17) is 4.74 Å². The molecule has 1 aliphatic carbocycles. The normalized spacial score (nSPS) is 15.4. The molecule has 0 heterocycles. The minimum atomic E-state index is -0.702. The Morgan fingerprint density at radius 3 is 2.31 bits per heavy atom. The maximum atomic E-state index is 12.4. The first-order valence-electron chi connectivity index (χ1n) is 10.5. The van der Waals surface area contributed by atoms with Gasteiger partial charge in [0.25, 0.3) is 0 Å². The number of carbonyl (C=O) groups is 3. The van der Waals surface area contributed by atoms with Crippen LogP contribution in [0.5, 0.6) is 0 Å². The topological polar surface area (TPSA) is 96.5 Å². The van der Waals surface area contributed by atoms with Crippen LogP contribution in [0.15, 0.2) is 30.3 Å². The molecule has 0 bridgehead atoms. The highest BCUT2D eigenvalue weighted by atomic mass is 16.5. The Balaban J connectivity index is 1.69. The van der Waals surface area contributed by atoms with Gasteiger partial charge < -0.3 is 20.7 Å². The molecule has 1 fully saturated rings. The van der Waals surface area contributed by atoms with E-state index in [0.717, 1.165) is 31.2 Å². The summed E-state index contributed by atoms with van der Waals surface area (Å²) in [5, 5.41) is 8.29. The van der Waals surface area contributed by atoms with Gasteiger partial charge in [0.2, 0.25) is 11.8 Å². The second-order valence-electron chi connectivity index (χ2n) is 7.84. The van der Waals surface area contributed by atoms with Crippen LogP contribution in [0.3, 0.4) is 0 Å². The zero-order chi connectivity index (χ0) is 21.1. The van der Waals surface area contributed by atoms with E-state index in [9.17, 15) is 14.4 Å². The summed E-state index contributed by atoms with van der Waals surface area (Å²) in [6.07, 6.45) is 4.68. The van der Waals surface area contributed by atoms with E-state index in [2.05, 4.69) is 16.0 Å². The SMILES string of the molecule is CC(C)[C@H](NC(=O)OCc1ccccc1)C(=O)NCCNC(=O)C1CCCCC1. The van der Waals surface area contributed by atoms with E-state index >= 15 is 0 Å². The second kappa shape index (κ2) is 12.1. The van der Waals surface area contributed by atoms with Gasteiger partial charge in [-0.3, -0.25) is 9.59 Å². The van der Waals surface area contributed by atoms with E-state index in [1.165, 1.54) is 6.42 Å². The third-order valence-electron chi connectivity index (χ3n) is 5.13. The van der Waals surface area contributed by atoms with Crippen LogP contribution >= 0.6 is 0 Å². The molecule has 1 aliphatic rings. The Bertz CT molecular complexity index is 657. The summed E-state index contributed by atoms with van der Waals surface area (Å²) in [7, 11) is 0. The zero-order valence-electron chi connectivity index (χ0n) is 17.4. The molecular formula is C22H33N3O4. The molecule has 0 saturated heterocycles. The van der Waals surface area contributed by atoms with Crippen LogP contribution in [0.4, 0.5) is 4.79 Å². The summed E-state index contributed by atoms with van der Waals surface area (Å²) in [5.74, 6) is -0.217. The fraction of sp³-hybridized carbons (Fsp3) is 0.591.